The van der Waals surface area contributed by atoms with Crippen LogP contribution >= 0.6 is 23.1 Å². The number of thioether (sulfide) groups is 1. The van der Waals surface area contributed by atoms with Gasteiger partial charge in [-0.2, -0.15) is 0 Å². The van der Waals surface area contributed by atoms with Gasteiger partial charge in [-0.05, 0) is 66.2 Å². The Morgan fingerprint density at radius 3 is 2.64 bits per heavy atom. The number of carbonyl (C=O) groups is 1. The summed E-state index contributed by atoms with van der Waals surface area (Å²) >= 11 is 3.07. The van der Waals surface area contributed by atoms with Gasteiger partial charge in [0.05, 0.1) is 5.03 Å². The lowest BCUT2D eigenvalue weighted by Gasteiger charge is -2.40. The molecular weight excluding hydrogens is 491 g/mol. The molecule has 2 bridgehead atoms. The molecule has 5 atom stereocenters. The zero-order chi connectivity index (χ0) is 24.4. The van der Waals surface area contributed by atoms with Crippen LogP contribution < -0.4 is 10.2 Å². The standard InChI is InChI=1S/C29H25FN2O2S2/c30-20-12-10-17(11-13-20)24-25-18-8-9-19(14-18)26(25)35-28-27(24)36-29(34)32(28)15-23(33)31-22-7-3-5-16-4-1-2-6-21(16)22/h1-7,10-13,18-19,24-26H,8-9,14-15H2,(H,31,33)/t18?,19?,24-,25?,26?/m1/s1. The van der Waals surface area contributed by atoms with E-state index in [9.17, 15) is 14.0 Å². The van der Waals surface area contributed by atoms with Gasteiger partial charge in [0.2, 0.25) is 5.91 Å². The summed E-state index contributed by atoms with van der Waals surface area (Å²) in [5, 5.41) is 6.44. The minimum absolute atomic E-state index is 0.0114. The predicted molar refractivity (Wildman–Crippen MR) is 143 cm³/mol. The van der Waals surface area contributed by atoms with E-state index in [1.54, 1.807) is 4.57 Å². The molecule has 3 aliphatic rings. The number of nitrogens with one attached hydrogen (secondary N) is 1. The van der Waals surface area contributed by atoms with Crippen LogP contribution in [-0.4, -0.2) is 15.7 Å². The number of anilines is 1. The minimum Gasteiger partial charge on any atom is -0.324 e. The summed E-state index contributed by atoms with van der Waals surface area (Å²) in [6, 6.07) is 20.6. The van der Waals surface area contributed by atoms with Crippen LogP contribution in [0.4, 0.5) is 10.1 Å². The fraction of sp³-hybridized carbons (Fsp3) is 0.310. The summed E-state index contributed by atoms with van der Waals surface area (Å²) in [5.74, 6) is 1.39. The SMILES string of the molecule is O=C(Cn1c2c(sc1=O)[C@H](c1ccc(F)cc1)C1C3CCC(C3)C1S2)Nc1cccc2ccccc12. The number of hydrogen-bond donors (Lipinski definition) is 1. The highest BCUT2D eigenvalue weighted by molar-refractivity contribution is 8.00. The number of fused-ring (bicyclic) bond motifs is 7. The molecule has 0 radical (unpaired) electrons. The summed E-state index contributed by atoms with van der Waals surface area (Å²) in [5.41, 5.74) is 1.83. The summed E-state index contributed by atoms with van der Waals surface area (Å²) in [4.78, 5) is 27.4. The van der Waals surface area contributed by atoms with Gasteiger partial charge in [-0.3, -0.25) is 14.2 Å². The van der Waals surface area contributed by atoms with Crippen LogP contribution in [0.5, 0.6) is 0 Å². The number of rotatable bonds is 4. The molecular formula is C29H25FN2O2S2. The fourth-order valence-electron chi connectivity index (χ4n) is 6.80. The third kappa shape index (κ3) is 3.55. The molecule has 2 aliphatic carbocycles. The Labute approximate surface area is 216 Å². The Bertz CT molecular complexity index is 1540. The average Bonchev–Trinajstić information content (AvgIpc) is 3.58. The van der Waals surface area contributed by atoms with Gasteiger partial charge in [-0.1, -0.05) is 59.9 Å². The van der Waals surface area contributed by atoms with Gasteiger partial charge in [0.25, 0.3) is 0 Å². The van der Waals surface area contributed by atoms with E-state index in [0.29, 0.717) is 23.0 Å². The predicted octanol–water partition coefficient (Wildman–Crippen LogP) is 6.49. The summed E-state index contributed by atoms with van der Waals surface area (Å²) < 4.78 is 15.4. The lowest BCUT2D eigenvalue weighted by Crippen LogP contribution is -2.34. The first-order valence-electron chi connectivity index (χ1n) is 12.5. The molecule has 1 aromatic heterocycles. The molecule has 36 heavy (non-hydrogen) atoms. The van der Waals surface area contributed by atoms with Crippen molar-refractivity contribution in [3.8, 4) is 0 Å². The van der Waals surface area contributed by atoms with E-state index in [1.165, 1.54) is 42.7 Å². The average molecular weight is 517 g/mol. The molecule has 7 rings (SSSR count). The second-order valence-electron chi connectivity index (χ2n) is 10.2. The van der Waals surface area contributed by atoms with Crippen LogP contribution in [0.25, 0.3) is 10.8 Å². The first-order chi connectivity index (χ1) is 17.6. The van der Waals surface area contributed by atoms with E-state index in [1.807, 2.05) is 66.4 Å². The second kappa shape index (κ2) is 8.60. The van der Waals surface area contributed by atoms with Gasteiger partial charge in [-0.15, -0.1) is 11.8 Å². The molecule has 1 amide bonds. The maximum atomic E-state index is 13.8. The molecule has 4 nitrogen and oxygen atoms in total. The molecule has 7 heteroatoms. The van der Waals surface area contributed by atoms with Crippen molar-refractivity contribution < 1.29 is 9.18 Å². The molecule has 2 fully saturated rings. The van der Waals surface area contributed by atoms with Crippen molar-refractivity contribution in [3.63, 3.8) is 0 Å². The Hall–Kier alpha value is -2.90. The van der Waals surface area contributed by atoms with Gasteiger partial charge in [0.15, 0.2) is 0 Å². The third-order valence-electron chi connectivity index (χ3n) is 8.29. The van der Waals surface area contributed by atoms with E-state index in [4.69, 9.17) is 0 Å². The molecule has 1 N–H and O–H groups in total. The van der Waals surface area contributed by atoms with E-state index in [2.05, 4.69) is 5.32 Å². The first-order valence-corrected chi connectivity index (χ1v) is 14.2. The van der Waals surface area contributed by atoms with E-state index in [0.717, 1.165) is 31.9 Å². The van der Waals surface area contributed by atoms with Crippen LogP contribution in [-0.2, 0) is 11.3 Å². The molecule has 182 valence electrons. The van der Waals surface area contributed by atoms with Crippen molar-refractivity contribution in [1.82, 2.24) is 4.57 Å². The van der Waals surface area contributed by atoms with Gasteiger partial charge >= 0.3 is 4.87 Å². The Morgan fingerprint density at radius 2 is 1.78 bits per heavy atom. The summed E-state index contributed by atoms with van der Waals surface area (Å²) in [6.45, 7) is -0.0114. The number of carbonyl (C=O) groups excluding carboxylic acids is 1. The topological polar surface area (TPSA) is 51.1 Å². The Balaban J connectivity index is 1.25. The van der Waals surface area contributed by atoms with Crippen molar-refractivity contribution in [2.45, 2.75) is 42.0 Å². The Morgan fingerprint density at radius 1 is 1.00 bits per heavy atom. The number of amides is 1. The molecule has 1 aliphatic heterocycles. The lowest BCUT2D eigenvalue weighted by molar-refractivity contribution is -0.116. The first kappa shape index (κ1) is 22.3. The molecule has 0 saturated heterocycles. The highest BCUT2D eigenvalue weighted by atomic mass is 32.2. The highest BCUT2D eigenvalue weighted by Gasteiger charge is 2.55. The monoisotopic (exact) mass is 516 g/mol. The van der Waals surface area contributed by atoms with Crippen molar-refractivity contribution >= 4 is 45.5 Å². The largest absolute Gasteiger partial charge is 0.324 e. The van der Waals surface area contributed by atoms with Crippen LogP contribution in [0.1, 0.15) is 35.6 Å². The van der Waals surface area contributed by atoms with Crippen LogP contribution in [0.3, 0.4) is 0 Å². The number of aromatic nitrogens is 1. The number of benzene rings is 3. The second-order valence-corrected chi connectivity index (χ2v) is 12.4. The van der Waals surface area contributed by atoms with Crippen LogP contribution in [0, 0.1) is 23.6 Å². The van der Waals surface area contributed by atoms with Gasteiger partial charge in [0, 0.05) is 27.1 Å². The van der Waals surface area contributed by atoms with E-state index in [-0.39, 0.29) is 29.1 Å². The molecule has 4 aromatic rings. The maximum absolute atomic E-state index is 13.8. The van der Waals surface area contributed by atoms with Crippen LogP contribution in [0.15, 0.2) is 76.6 Å². The number of thiazole rings is 1. The maximum Gasteiger partial charge on any atom is 0.308 e. The van der Waals surface area contributed by atoms with Crippen molar-refractivity contribution in [2.75, 3.05) is 5.32 Å². The highest BCUT2D eigenvalue weighted by Crippen LogP contribution is 2.64. The van der Waals surface area contributed by atoms with Crippen LogP contribution in [0.2, 0.25) is 0 Å². The smallest absolute Gasteiger partial charge is 0.308 e. The molecule has 0 spiro atoms. The van der Waals surface area contributed by atoms with Gasteiger partial charge in [-0.25, -0.2) is 4.39 Å². The molecule has 2 heterocycles. The quantitative estimate of drug-likeness (QED) is 0.337. The number of halogens is 1. The van der Waals surface area contributed by atoms with Crippen molar-refractivity contribution in [1.29, 1.82) is 0 Å². The van der Waals surface area contributed by atoms with E-state index >= 15 is 0 Å². The van der Waals surface area contributed by atoms with E-state index < -0.39 is 0 Å². The minimum atomic E-state index is -0.246. The number of nitrogens with zero attached hydrogens (tertiary/aromatic N) is 1. The fourth-order valence-corrected chi connectivity index (χ4v) is 9.95. The summed E-state index contributed by atoms with van der Waals surface area (Å²) in [7, 11) is 0. The zero-order valence-corrected chi connectivity index (χ0v) is 21.2. The molecule has 3 aromatic carbocycles. The molecule has 4 unspecified atom stereocenters. The summed E-state index contributed by atoms with van der Waals surface area (Å²) in [6.07, 6.45) is 3.71. The van der Waals surface area contributed by atoms with Gasteiger partial charge < -0.3 is 5.32 Å². The zero-order valence-electron chi connectivity index (χ0n) is 19.5. The normalized spacial score (nSPS) is 26.1. The lowest BCUT2D eigenvalue weighted by atomic mass is 9.75. The third-order valence-corrected chi connectivity index (χ3v) is 11.1. The van der Waals surface area contributed by atoms with Crippen molar-refractivity contribution in [3.05, 3.63) is 92.7 Å². The Kier molecular flexibility index (Phi) is 5.33. The number of hydrogen-bond acceptors (Lipinski definition) is 4. The molecule has 2 saturated carbocycles. The van der Waals surface area contributed by atoms with Gasteiger partial charge in [0.1, 0.15) is 12.4 Å². The van der Waals surface area contributed by atoms with Crippen molar-refractivity contribution in [2.24, 2.45) is 17.8 Å².